The molecule has 1 aromatic carbocycles. The zero-order valence-electron chi connectivity index (χ0n) is 9.38. The summed E-state index contributed by atoms with van der Waals surface area (Å²) in [6.07, 6.45) is 1.61. The van der Waals surface area contributed by atoms with Crippen LogP contribution >= 0.6 is 0 Å². The predicted molar refractivity (Wildman–Crippen MR) is 65.7 cm³/mol. The van der Waals surface area contributed by atoms with Crippen LogP contribution in [0.2, 0.25) is 0 Å². The lowest BCUT2D eigenvalue weighted by atomic mass is 10.3. The number of ether oxygens (including phenoxy) is 2. The van der Waals surface area contributed by atoms with Gasteiger partial charge in [-0.1, -0.05) is 0 Å². The quantitative estimate of drug-likeness (QED) is 0.553. The van der Waals surface area contributed by atoms with Crippen molar-refractivity contribution in [3.63, 3.8) is 0 Å². The molecule has 0 atom stereocenters. The van der Waals surface area contributed by atoms with Gasteiger partial charge in [0.05, 0.1) is 0 Å². The summed E-state index contributed by atoms with van der Waals surface area (Å²) in [5.74, 6) is 7.69. The number of nitrogens with zero attached hydrogens (tertiary/aromatic N) is 2. The van der Waals surface area contributed by atoms with E-state index in [4.69, 9.17) is 15.3 Å². The van der Waals surface area contributed by atoms with Gasteiger partial charge in [0.15, 0.2) is 11.5 Å². The predicted octanol–water partition coefficient (Wildman–Crippen LogP) is 1.23. The molecule has 0 amide bonds. The number of hydrazine groups is 1. The van der Waals surface area contributed by atoms with E-state index in [1.807, 2.05) is 18.2 Å². The molecule has 1 aromatic heterocycles. The fraction of sp³-hybridized carbons (Fsp3) is 0.0909. The molecule has 0 fully saturated rings. The van der Waals surface area contributed by atoms with Gasteiger partial charge in [-0.25, -0.2) is 10.8 Å². The van der Waals surface area contributed by atoms with E-state index in [1.165, 1.54) is 0 Å². The number of benzene rings is 1. The summed E-state index contributed by atoms with van der Waals surface area (Å²) >= 11 is 0. The van der Waals surface area contributed by atoms with Crippen LogP contribution in [0.25, 0.3) is 0 Å². The first kappa shape index (κ1) is 10.6. The van der Waals surface area contributed by atoms with Crippen LogP contribution in [0.5, 0.6) is 11.5 Å². The minimum atomic E-state index is 0.257. The van der Waals surface area contributed by atoms with E-state index >= 15 is 0 Å². The lowest BCUT2D eigenvalue weighted by molar-refractivity contribution is 0.174. The second-order valence-electron chi connectivity index (χ2n) is 3.60. The Bertz CT molecular complexity index is 575. The SMILES string of the molecule is NNc1nccc(Nc2ccc3c(c2)OCO3)n1. The molecule has 0 saturated heterocycles. The molecule has 0 unspecified atom stereocenters. The number of anilines is 3. The van der Waals surface area contributed by atoms with Crippen LogP contribution in [-0.2, 0) is 0 Å². The molecule has 7 nitrogen and oxygen atoms in total. The first-order chi connectivity index (χ1) is 8.85. The van der Waals surface area contributed by atoms with E-state index < -0.39 is 0 Å². The first-order valence-electron chi connectivity index (χ1n) is 5.31. The molecule has 0 aliphatic carbocycles. The average molecular weight is 245 g/mol. The number of aromatic nitrogens is 2. The van der Waals surface area contributed by atoms with Crippen molar-refractivity contribution in [1.82, 2.24) is 9.97 Å². The number of nitrogen functional groups attached to an aromatic ring is 1. The lowest BCUT2D eigenvalue weighted by Crippen LogP contribution is -2.10. The number of fused-ring (bicyclic) bond motifs is 1. The number of nitrogens with one attached hydrogen (secondary N) is 2. The third-order valence-corrected chi connectivity index (χ3v) is 2.43. The average Bonchev–Trinajstić information content (AvgIpc) is 2.86. The van der Waals surface area contributed by atoms with Gasteiger partial charge in [0.2, 0.25) is 12.7 Å². The van der Waals surface area contributed by atoms with E-state index in [1.54, 1.807) is 12.3 Å². The summed E-state index contributed by atoms with van der Waals surface area (Å²) in [6, 6.07) is 7.31. The number of nitrogens with two attached hydrogens (primary N) is 1. The zero-order chi connectivity index (χ0) is 12.4. The third kappa shape index (κ3) is 1.98. The molecule has 3 rings (SSSR count). The summed E-state index contributed by atoms with van der Waals surface area (Å²) < 4.78 is 10.5. The highest BCUT2D eigenvalue weighted by Gasteiger charge is 2.13. The van der Waals surface area contributed by atoms with Crippen molar-refractivity contribution in [3.05, 3.63) is 30.5 Å². The molecule has 92 valence electrons. The van der Waals surface area contributed by atoms with Gasteiger partial charge >= 0.3 is 0 Å². The number of rotatable bonds is 3. The van der Waals surface area contributed by atoms with Gasteiger partial charge in [0.1, 0.15) is 5.82 Å². The maximum Gasteiger partial charge on any atom is 0.239 e. The molecule has 18 heavy (non-hydrogen) atoms. The van der Waals surface area contributed by atoms with E-state index in [2.05, 4.69) is 20.7 Å². The van der Waals surface area contributed by atoms with Crippen LogP contribution in [0.15, 0.2) is 30.5 Å². The standard InChI is InChI=1S/C11H11N5O2/c12-16-11-13-4-3-10(15-11)14-7-1-2-8-9(5-7)18-6-17-8/h1-5H,6,12H2,(H2,13,14,15,16). The van der Waals surface area contributed by atoms with Gasteiger partial charge in [0, 0.05) is 18.0 Å². The molecule has 0 bridgehead atoms. The smallest absolute Gasteiger partial charge is 0.239 e. The van der Waals surface area contributed by atoms with Gasteiger partial charge in [-0.2, -0.15) is 4.98 Å². The fourth-order valence-corrected chi connectivity index (χ4v) is 1.62. The van der Waals surface area contributed by atoms with E-state index in [0.29, 0.717) is 17.5 Å². The molecule has 2 heterocycles. The van der Waals surface area contributed by atoms with Gasteiger partial charge < -0.3 is 14.8 Å². The summed E-state index contributed by atoms with van der Waals surface area (Å²) in [6.45, 7) is 0.257. The Morgan fingerprint density at radius 1 is 1.17 bits per heavy atom. The van der Waals surface area contributed by atoms with Gasteiger partial charge in [0.25, 0.3) is 0 Å². The van der Waals surface area contributed by atoms with Gasteiger partial charge in [-0.3, -0.25) is 5.43 Å². The summed E-state index contributed by atoms with van der Waals surface area (Å²) in [5, 5.41) is 3.13. The van der Waals surface area contributed by atoms with Crippen LogP contribution < -0.4 is 26.1 Å². The lowest BCUT2D eigenvalue weighted by Gasteiger charge is -2.07. The molecule has 0 radical (unpaired) electrons. The van der Waals surface area contributed by atoms with Crippen LogP contribution in [-0.4, -0.2) is 16.8 Å². The molecule has 4 N–H and O–H groups in total. The summed E-state index contributed by atoms with van der Waals surface area (Å²) in [7, 11) is 0. The molecule has 0 spiro atoms. The molecule has 0 saturated carbocycles. The second-order valence-corrected chi connectivity index (χ2v) is 3.60. The third-order valence-electron chi connectivity index (χ3n) is 2.43. The summed E-state index contributed by atoms with van der Waals surface area (Å²) in [5.41, 5.74) is 3.24. The topological polar surface area (TPSA) is 94.3 Å². The Morgan fingerprint density at radius 3 is 2.94 bits per heavy atom. The van der Waals surface area contributed by atoms with Crippen molar-refractivity contribution in [2.24, 2.45) is 5.84 Å². The first-order valence-corrected chi connectivity index (χ1v) is 5.31. The molecule has 1 aliphatic heterocycles. The Hall–Kier alpha value is -2.54. The monoisotopic (exact) mass is 245 g/mol. The van der Waals surface area contributed by atoms with Gasteiger partial charge in [-0.15, -0.1) is 0 Å². The minimum absolute atomic E-state index is 0.257. The van der Waals surface area contributed by atoms with Crippen molar-refractivity contribution >= 4 is 17.5 Å². The number of hydrogen-bond acceptors (Lipinski definition) is 7. The molecular weight excluding hydrogens is 234 g/mol. The molecule has 1 aliphatic rings. The Balaban J connectivity index is 1.83. The maximum absolute atomic E-state index is 5.29. The Kier molecular flexibility index (Phi) is 2.58. The van der Waals surface area contributed by atoms with Crippen LogP contribution in [0.3, 0.4) is 0 Å². The highest BCUT2D eigenvalue weighted by Crippen LogP contribution is 2.34. The second kappa shape index (κ2) is 4.38. The van der Waals surface area contributed by atoms with E-state index in [-0.39, 0.29) is 6.79 Å². The maximum atomic E-state index is 5.29. The number of hydrogen-bond donors (Lipinski definition) is 3. The highest BCUT2D eigenvalue weighted by atomic mass is 16.7. The van der Waals surface area contributed by atoms with Crippen LogP contribution in [0.1, 0.15) is 0 Å². The molecule has 7 heteroatoms. The van der Waals surface area contributed by atoms with Gasteiger partial charge in [-0.05, 0) is 18.2 Å². The van der Waals surface area contributed by atoms with Crippen LogP contribution in [0, 0.1) is 0 Å². The van der Waals surface area contributed by atoms with E-state index in [0.717, 1.165) is 11.4 Å². The van der Waals surface area contributed by atoms with E-state index in [9.17, 15) is 0 Å². The summed E-state index contributed by atoms with van der Waals surface area (Å²) in [4.78, 5) is 8.08. The highest BCUT2D eigenvalue weighted by molar-refractivity contribution is 5.62. The van der Waals surface area contributed by atoms with Crippen molar-refractivity contribution in [2.75, 3.05) is 17.5 Å². The Labute approximate surface area is 103 Å². The van der Waals surface area contributed by atoms with Crippen molar-refractivity contribution < 1.29 is 9.47 Å². The molecule has 2 aromatic rings. The normalized spacial score (nSPS) is 12.3. The van der Waals surface area contributed by atoms with Crippen LogP contribution in [0.4, 0.5) is 17.5 Å². The largest absolute Gasteiger partial charge is 0.454 e. The fourth-order valence-electron chi connectivity index (χ4n) is 1.62. The van der Waals surface area contributed by atoms with Crippen molar-refractivity contribution in [1.29, 1.82) is 0 Å². The van der Waals surface area contributed by atoms with Crippen molar-refractivity contribution in [2.45, 2.75) is 0 Å². The molecular formula is C11H11N5O2. The van der Waals surface area contributed by atoms with Crippen molar-refractivity contribution in [3.8, 4) is 11.5 Å². The Morgan fingerprint density at radius 2 is 2.06 bits per heavy atom. The minimum Gasteiger partial charge on any atom is -0.454 e. The zero-order valence-corrected chi connectivity index (χ0v) is 9.38.